The number of para-hydroxylation sites is 1. The molecule has 2 N–H and O–H groups in total. The molecule has 0 saturated heterocycles. The Morgan fingerprint density at radius 1 is 1.57 bits per heavy atom. The molecule has 2 nitrogen and oxygen atoms in total. The van der Waals surface area contributed by atoms with Gasteiger partial charge < -0.3 is 10.6 Å². The molecule has 0 aliphatic heterocycles. The molecule has 5 heteroatoms. The Morgan fingerprint density at radius 2 is 2.29 bits per heavy atom. The number of hydrogen-bond acceptors (Lipinski definition) is 1. The molecule has 0 fully saturated rings. The fraction of sp³-hybridized carbons (Fsp3) is 0.222. The highest BCUT2D eigenvalue weighted by molar-refractivity contribution is 7.80. The lowest BCUT2D eigenvalue weighted by molar-refractivity contribution is 0.632. The number of nitrogens with one attached hydrogen (secondary N) is 2. The van der Waals surface area contributed by atoms with E-state index in [4.69, 9.17) is 23.8 Å². The molecule has 76 valence electrons. The number of thiocarbonyl (C=S) groups is 1. The zero-order chi connectivity index (χ0) is 10.6. The first-order valence-electron chi connectivity index (χ1n) is 4.14. The summed E-state index contributed by atoms with van der Waals surface area (Å²) in [6.07, 6.45) is 0. The van der Waals surface area contributed by atoms with E-state index in [0.29, 0.717) is 16.7 Å². The third kappa shape index (κ3) is 2.82. The minimum absolute atomic E-state index is 0.208. The van der Waals surface area contributed by atoms with Crippen LogP contribution in [-0.4, -0.2) is 11.7 Å². The number of halogens is 2. The van der Waals surface area contributed by atoms with Gasteiger partial charge in [-0.25, -0.2) is 4.39 Å². The van der Waals surface area contributed by atoms with Crippen molar-refractivity contribution in [2.24, 2.45) is 0 Å². The molecule has 0 spiro atoms. The van der Waals surface area contributed by atoms with Gasteiger partial charge in [0.05, 0.1) is 10.7 Å². The highest BCUT2D eigenvalue weighted by Gasteiger charge is 2.07. The molecular weight excluding hydrogens is 223 g/mol. The van der Waals surface area contributed by atoms with Crippen molar-refractivity contribution in [1.82, 2.24) is 5.32 Å². The third-order valence-electron chi connectivity index (χ3n) is 1.54. The van der Waals surface area contributed by atoms with Gasteiger partial charge in [0.2, 0.25) is 0 Å². The molecule has 0 atom stereocenters. The SMILES string of the molecule is CCNC(=S)Nc1c(F)cccc1Cl. The summed E-state index contributed by atoms with van der Waals surface area (Å²) in [6, 6.07) is 4.46. The fourth-order valence-corrected chi connectivity index (χ4v) is 1.39. The Morgan fingerprint density at radius 3 is 2.86 bits per heavy atom. The van der Waals surface area contributed by atoms with E-state index in [1.165, 1.54) is 6.07 Å². The lowest BCUT2D eigenvalue weighted by Crippen LogP contribution is -2.28. The maximum atomic E-state index is 13.2. The molecule has 1 rings (SSSR count). The van der Waals surface area contributed by atoms with E-state index in [1.54, 1.807) is 12.1 Å². The van der Waals surface area contributed by atoms with Crippen LogP contribution in [0.5, 0.6) is 0 Å². The van der Waals surface area contributed by atoms with Crippen molar-refractivity contribution in [3.8, 4) is 0 Å². The van der Waals surface area contributed by atoms with Crippen molar-refractivity contribution < 1.29 is 4.39 Å². The molecule has 0 aromatic heterocycles. The quantitative estimate of drug-likeness (QED) is 0.767. The molecule has 0 aliphatic rings. The second-order valence-electron chi connectivity index (χ2n) is 2.58. The van der Waals surface area contributed by atoms with Crippen molar-refractivity contribution in [2.75, 3.05) is 11.9 Å². The topological polar surface area (TPSA) is 24.1 Å². The molecule has 1 aromatic carbocycles. The van der Waals surface area contributed by atoms with Crippen LogP contribution < -0.4 is 10.6 Å². The van der Waals surface area contributed by atoms with E-state index in [2.05, 4.69) is 10.6 Å². The average molecular weight is 233 g/mol. The zero-order valence-electron chi connectivity index (χ0n) is 7.60. The standard InChI is InChI=1S/C9H10ClFN2S/c1-2-12-9(14)13-8-6(10)4-3-5-7(8)11/h3-5H,2H2,1H3,(H2,12,13,14). The molecular formula is C9H10ClFN2S. The molecule has 0 radical (unpaired) electrons. The first-order valence-corrected chi connectivity index (χ1v) is 4.92. The summed E-state index contributed by atoms with van der Waals surface area (Å²) in [6.45, 7) is 2.58. The van der Waals surface area contributed by atoms with E-state index in [-0.39, 0.29) is 5.69 Å². The predicted octanol–water partition coefficient (Wildman–Crippen LogP) is 2.79. The van der Waals surface area contributed by atoms with Crippen LogP contribution in [0.2, 0.25) is 5.02 Å². The van der Waals surface area contributed by atoms with E-state index in [1.807, 2.05) is 6.92 Å². The maximum Gasteiger partial charge on any atom is 0.170 e. The summed E-state index contributed by atoms with van der Waals surface area (Å²) < 4.78 is 13.2. The number of rotatable bonds is 2. The van der Waals surface area contributed by atoms with Crippen LogP contribution in [0.4, 0.5) is 10.1 Å². The molecule has 14 heavy (non-hydrogen) atoms. The Bertz CT molecular complexity index is 323. The van der Waals surface area contributed by atoms with Crippen molar-refractivity contribution in [2.45, 2.75) is 6.92 Å². The van der Waals surface area contributed by atoms with Crippen LogP contribution in [0.3, 0.4) is 0 Å². The van der Waals surface area contributed by atoms with Gasteiger partial charge in [-0.2, -0.15) is 0 Å². The highest BCUT2D eigenvalue weighted by atomic mass is 35.5. The highest BCUT2D eigenvalue weighted by Crippen LogP contribution is 2.24. The van der Waals surface area contributed by atoms with Crippen LogP contribution >= 0.6 is 23.8 Å². The van der Waals surface area contributed by atoms with Crippen LogP contribution in [0, 0.1) is 5.82 Å². The second kappa shape index (κ2) is 5.12. The van der Waals surface area contributed by atoms with Crippen LogP contribution in [0.1, 0.15) is 6.92 Å². The lowest BCUT2D eigenvalue weighted by atomic mass is 10.3. The molecule has 0 unspecified atom stereocenters. The molecule has 0 amide bonds. The normalized spacial score (nSPS) is 9.64. The van der Waals surface area contributed by atoms with Gasteiger partial charge in [0, 0.05) is 6.54 Å². The smallest absolute Gasteiger partial charge is 0.170 e. The van der Waals surface area contributed by atoms with E-state index >= 15 is 0 Å². The van der Waals surface area contributed by atoms with Gasteiger partial charge in [0.1, 0.15) is 5.82 Å². The average Bonchev–Trinajstić information content (AvgIpc) is 2.12. The first kappa shape index (κ1) is 11.2. The van der Waals surface area contributed by atoms with E-state index < -0.39 is 5.82 Å². The van der Waals surface area contributed by atoms with Crippen LogP contribution in [0.25, 0.3) is 0 Å². The van der Waals surface area contributed by atoms with Crippen molar-refractivity contribution in [3.05, 3.63) is 29.0 Å². The van der Waals surface area contributed by atoms with Crippen molar-refractivity contribution in [1.29, 1.82) is 0 Å². The van der Waals surface area contributed by atoms with Gasteiger partial charge in [-0.1, -0.05) is 17.7 Å². The molecule has 0 aliphatic carbocycles. The number of benzene rings is 1. The van der Waals surface area contributed by atoms with Gasteiger partial charge in [0.15, 0.2) is 5.11 Å². The Kier molecular flexibility index (Phi) is 4.10. The molecule has 1 aromatic rings. The second-order valence-corrected chi connectivity index (χ2v) is 3.40. The molecule has 0 heterocycles. The monoisotopic (exact) mass is 232 g/mol. The first-order chi connectivity index (χ1) is 6.65. The largest absolute Gasteiger partial charge is 0.363 e. The minimum Gasteiger partial charge on any atom is -0.363 e. The molecule has 0 saturated carbocycles. The number of hydrogen-bond donors (Lipinski definition) is 2. The predicted molar refractivity (Wildman–Crippen MR) is 61.3 cm³/mol. The Balaban J connectivity index is 2.80. The maximum absolute atomic E-state index is 13.2. The van der Waals surface area contributed by atoms with Gasteiger partial charge in [-0.15, -0.1) is 0 Å². The Labute approximate surface area is 92.5 Å². The summed E-state index contributed by atoms with van der Waals surface area (Å²) in [5.74, 6) is -0.419. The summed E-state index contributed by atoms with van der Waals surface area (Å²) in [4.78, 5) is 0. The third-order valence-corrected chi connectivity index (χ3v) is 2.10. The number of anilines is 1. The van der Waals surface area contributed by atoms with Gasteiger partial charge in [0.25, 0.3) is 0 Å². The van der Waals surface area contributed by atoms with Crippen molar-refractivity contribution in [3.63, 3.8) is 0 Å². The van der Waals surface area contributed by atoms with E-state index in [9.17, 15) is 4.39 Å². The van der Waals surface area contributed by atoms with Gasteiger partial charge in [-0.05, 0) is 31.3 Å². The summed E-state index contributed by atoms with van der Waals surface area (Å²) in [7, 11) is 0. The fourth-order valence-electron chi connectivity index (χ4n) is 0.936. The zero-order valence-corrected chi connectivity index (χ0v) is 9.18. The van der Waals surface area contributed by atoms with Crippen molar-refractivity contribution >= 4 is 34.6 Å². The summed E-state index contributed by atoms with van der Waals surface area (Å²) in [5, 5.41) is 6.21. The summed E-state index contributed by atoms with van der Waals surface area (Å²) in [5.41, 5.74) is 0.208. The van der Waals surface area contributed by atoms with Crippen LogP contribution in [0.15, 0.2) is 18.2 Å². The molecule has 0 bridgehead atoms. The summed E-state index contributed by atoms with van der Waals surface area (Å²) >= 11 is 10.7. The van der Waals surface area contributed by atoms with Gasteiger partial charge >= 0.3 is 0 Å². The minimum atomic E-state index is -0.419. The van der Waals surface area contributed by atoms with Crippen LogP contribution in [-0.2, 0) is 0 Å². The lowest BCUT2D eigenvalue weighted by Gasteiger charge is -2.10. The van der Waals surface area contributed by atoms with E-state index in [0.717, 1.165) is 0 Å². The Hall–Kier alpha value is -0.870. The van der Waals surface area contributed by atoms with Gasteiger partial charge in [-0.3, -0.25) is 0 Å².